The standard InChI is InChI=1S/C22H20FN7O/c1-22(2)16-15(10-24)26-19(27-18(16)28-21(22)31)17-13-7-5-9-25-20(13)30(29-17)11-12-6-3-4-8-14(12)23/h3-9H,10-11,24H2,1-2H3,(H,26,27,28,31). The number of carbonyl (C=O) groups is 1. The van der Waals surface area contributed by atoms with Gasteiger partial charge < -0.3 is 11.1 Å². The highest BCUT2D eigenvalue weighted by Crippen LogP contribution is 2.39. The topological polar surface area (TPSA) is 112 Å². The maximum atomic E-state index is 14.2. The molecule has 4 aromatic rings. The Bertz CT molecular complexity index is 1350. The Balaban J connectivity index is 1.68. The molecule has 4 heterocycles. The molecule has 1 amide bonds. The van der Waals surface area contributed by atoms with E-state index in [2.05, 4.69) is 25.4 Å². The van der Waals surface area contributed by atoms with Crippen LogP contribution in [0, 0.1) is 5.82 Å². The zero-order valence-corrected chi connectivity index (χ0v) is 17.1. The van der Waals surface area contributed by atoms with Crippen molar-refractivity contribution in [2.24, 2.45) is 5.73 Å². The third kappa shape index (κ3) is 2.97. The first-order chi connectivity index (χ1) is 14.9. The number of pyridine rings is 1. The Morgan fingerprint density at radius 3 is 2.74 bits per heavy atom. The van der Waals surface area contributed by atoms with Crippen LogP contribution in [0.25, 0.3) is 22.6 Å². The molecule has 0 aliphatic carbocycles. The molecule has 0 fully saturated rings. The highest BCUT2D eigenvalue weighted by Gasteiger charge is 2.42. The van der Waals surface area contributed by atoms with Gasteiger partial charge in [-0.3, -0.25) is 4.79 Å². The van der Waals surface area contributed by atoms with Crippen LogP contribution in [-0.2, 0) is 23.3 Å². The van der Waals surface area contributed by atoms with Crippen molar-refractivity contribution in [3.63, 3.8) is 0 Å². The molecule has 9 heteroatoms. The number of fused-ring (bicyclic) bond motifs is 2. The molecule has 0 bridgehead atoms. The first-order valence-electron chi connectivity index (χ1n) is 9.88. The van der Waals surface area contributed by atoms with Crippen molar-refractivity contribution in [3.05, 3.63) is 65.2 Å². The lowest BCUT2D eigenvalue weighted by Crippen LogP contribution is -2.28. The average Bonchev–Trinajstić information content (AvgIpc) is 3.23. The van der Waals surface area contributed by atoms with Gasteiger partial charge in [0.2, 0.25) is 5.91 Å². The van der Waals surface area contributed by atoms with Crippen molar-refractivity contribution < 1.29 is 9.18 Å². The third-order valence-corrected chi connectivity index (χ3v) is 5.60. The average molecular weight is 417 g/mol. The second-order valence-corrected chi connectivity index (χ2v) is 7.97. The Hall–Kier alpha value is -3.72. The van der Waals surface area contributed by atoms with Crippen molar-refractivity contribution in [1.82, 2.24) is 24.7 Å². The molecule has 156 valence electrons. The van der Waals surface area contributed by atoms with E-state index in [0.29, 0.717) is 39.8 Å². The zero-order chi connectivity index (χ0) is 21.8. The van der Waals surface area contributed by atoms with E-state index in [9.17, 15) is 9.18 Å². The van der Waals surface area contributed by atoms with Crippen molar-refractivity contribution in [1.29, 1.82) is 0 Å². The van der Waals surface area contributed by atoms with E-state index < -0.39 is 5.41 Å². The summed E-state index contributed by atoms with van der Waals surface area (Å²) in [6.45, 7) is 4.00. The number of nitrogens with two attached hydrogens (primary N) is 1. The van der Waals surface area contributed by atoms with Gasteiger partial charge in [-0.1, -0.05) is 18.2 Å². The quantitative estimate of drug-likeness (QED) is 0.528. The number of hydrogen-bond donors (Lipinski definition) is 2. The molecule has 0 saturated carbocycles. The molecule has 8 nitrogen and oxygen atoms in total. The molecule has 1 aliphatic heterocycles. The Labute approximate surface area is 177 Å². The van der Waals surface area contributed by atoms with Crippen LogP contribution in [0.4, 0.5) is 10.2 Å². The number of anilines is 1. The minimum atomic E-state index is -0.767. The molecule has 0 saturated heterocycles. The highest BCUT2D eigenvalue weighted by molar-refractivity contribution is 6.05. The first-order valence-corrected chi connectivity index (χ1v) is 9.88. The molecular formula is C22H20FN7O. The van der Waals surface area contributed by atoms with Gasteiger partial charge in [0.1, 0.15) is 17.3 Å². The zero-order valence-electron chi connectivity index (χ0n) is 17.1. The van der Waals surface area contributed by atoms with E-state index in [4.69, 9.17) is 5.73 Å². The Morgan fingerprint density at radius 1 is 1.16 bits per heavy atom. The fourth-order valence-corrected chi connectivity index (χ4v) is 3.96. The molecular weight excluding hydrogens is 397 g/mol. The summed E-state index contributed by atoms with van der Waals surface area (Å²) in [5, 5.41) is 8.22. The SMILES string of the molecule is CC1(C)C(=O)Nc2nc(-c3nn(Cc4ccccc4F)c4ncccc34)nc(CN)c21. The van der Waals surface area contributed by atoms with Crippen molar-refractivity contribution in [2.45, 2.75) is 32.4 Å². The molecule has 3 N–H and O–H groups in total. The van der Waals surface area contributed by atoms with Crippen LogP contribution in [0.1, 0.15) is 30.7 Å². The van der Waals surface area contributed by atoms with Gasteiger partial charge in [-0.15, -0.1) is 0 Å². The molecule has 0 radical (unpaired) electrons. The lowest BCUT2D eigenvalue weighted by molar-refractivity contribution is -0.119. The maximum Gasteiger partial charge on any atom is 0.235 e. The summed E-state index contributed by atoms with van der Waals surface area (Å²) in [4.78, 5) is 26.1. The van der Waals surface area contributed by atoms with Crippen molar-refractivity contribution in [3.8, 4) is 11.5 Å². The van der Waals surface area contributed by atoms with Gasteiger partial charge in [-0.05, 0) is 32.0 Å². The summed E-state index contributed by atoms with van der Waals surface area (Å²) < 4.78 is 15.9. The van der Waals surface area contributed by atoms with Crippen LogP contribution in [0.3, 0.4) is 0 Å². The van der Waals surface area contributed by atoms with E-state index in [1.807, 2.05) is 19.9 Å². The number of aromatic nitrogens is 5. The predicted molar refractivity (Wildman–Crippen MR) is 114 cm³/mol. The monoisotopic (exact) mass is 417 g/mol. The third-order valence-electron chi connectivity index (χ3n) is 5.60. The predicted octanol–water partition coefficient (Wildman–Crippen LogP) is 2.76. The van der Waals surface area contributed by atoms with Gasteiger partial charge in [0.05, 0.1) is 23.0 Å². The largest absolute Gasteiger partial charge is 0.325 e. The van der Waals surface area contributed by atoms with Crippen LogP contribution in [0.5, 0.6) is 0 Å². The molecule has 0 atom stereocenters. The number of halogens is 1. The van der Waals surface area contributed by atoms with E-state index in [-0.39, 0.29) is 24.8 Å². The number of rotatable bonds is 4. The van der Waals surface area contributed by atoms with E-state index >= 15 is 0 Å². The number of benzene rings is 1. The normalized spacial score (nSPS) is 14.6. The van der Waals surface area contributed by atoms with Gasteiger partial charge in [-0.2, -0.15) is 5.10 Å². The molecule has 0 spiro atoms. The van der Waals surface area contributed by atoms with E-state index in [1.165, 1.54) is 6.07 Å². The summed E-state index contributed by atoms with van der Waals surface area (Å²) >= 11 is 0. The number of nitrogens with zero attached hydrogens (tertiary/aromatic N) is 5. The lowest BCUT2D eigenvalue weighted by Gasteiger charge is -2.17. The van der Waals surface area contributed by atoms with E-state index in [1.54, 1.807) is 35.1 Å². The molecule has 1 aromatic carbocycles. The van der Waals surface area contributed by atoms with Crippen molar-refractivity contribution >= 4 is 22.8 Å². The molecule has 0 unspecified atom stereocenters. The number of nitrogens with one attached hydrogen (secondary N) is 1. The fourth-order valence-electron chi connectivity index (χ4n) is 3.96. The maximum absolute atomic E-state index is 14.2. The fraction of sp³-hybridized carbons (Fsp3) is 0.227. The Kier molecular flexibility index (Phi) is 4.30. The number of hydrogen-bond acceptors (Lipinski definition) is 6. The lowest BCUT2D eigenvalue weighted by atomic mass is 9.85. The van der Waals surface area contributed by atoms with E-state index in [0.717, 1.165) is 5.39 Å². The minimum Gasteiger partial charge on any atom is -0.325 e. The van der Waals surface area contributed by atoms with Crippen LogP contribution in [0.15, 0.2) is 42.6 Å². The molecule has 1 aliphatic rings. The van der Waals surface area contributed by atoms with Gasteiger partial charge >= 0.3 is 0 Å². The van der Waals surface area contributed by atoms with Crippen LogP contribution < -0.4 is 11.1 Å². The second-order valence-electron chi connectivity index (χ2n) is 7.97. The Morgan fingerprint density at radius 2 is 1.97 bits per heavy atom. The second kappa shape index (κ2) is 6.92. The summed E-state index contributed by atoms with van der Waals surface area (Å²) in [5.41, 5.74) is 8.07. The summed E-state index contributed by atoms with van der Waals surface area (Å²) in [5.74, 6) is 0.316. The molecule has 3 aromatic heterocycles. The number of amides is 1. The van der Waals surface area contributed by atoms with Crippen molar-refractivity contribution in [2.75, 3.05) is 5.32 Å². The van der Waals surface area contributed by atoms with Crippen LogP contribution in [-0.4, -0.2) is 30.6 Å². The molecule has 5 rings (SSSR count). The summed E-state index contributed by atoms with van der Waals surface area (Å²) in [7, 11) is 0. The molecule has 31 heavy (non-hydrogen) atoms. The van der Waals surface area contributed by atoms with Gasteiger partial charge in [0.25, 0.3) is 0 Å². The van der Waals surface area contributed by atoms with Gasteiger partial charge in [0.15, 0.2) is 11.5 Å². The smallest absolute Gasteiger partial charge is 0.235 e. The number of carbonyl (C=O) groups excluding carboxylic acids is 1. The minimum absolute atomic E-state index is 0.153. The summed E-state index contributed by atoms with van der Waals surface area (Å²) in [6.07, 6.45) is 1.66. The summed E-state index contributed by atoms with van der Waals surface area (Å²) in [6, 6.07) is 10.2. The van der Waals surface area contributed by atoms with Gasteiger partial charge in [0, 0.05) is 23.9 Å². The van der Waals surface area contributed by atoms with Gasteiger partial charge in [-0.25, -0.2) is 24.0 Å². The first kappa shape index (κ1) is 19.3. The highest BCUT2D eigenvalue weighted by atomic mass is 19.1. The van der Waals surface area contributed by atoms with Crippen LogP contribution in [0.2, 0.25) is 0 Å². The van der Waals surface area contributed by atoms with Crippen LogP contribution >= 0.6 is 0 Å².